The van der Waals surface area contributed by atoms with Crippen LogP contribution in [0.3, 0.4) is 0 Å². The third-order valence-corrected chi connectivity index (χ3v) is 32.7. The first-order valence-corrected chi connectivity index (χ1v) is 44.2. The van der Waals surface area contributed by atoms with Gasteiger partial charge in [-0.05, 0) is 0 Å². The molecule has 0 saturated carbocycles. The smallest absolute Gasteiger partial charge is 1.00 e. The van der Waals surface area contributed by atoms with Gasteiger partial charge in [0.1, 0.15) is 0 Å². The average molecular weight is 1680 g/mol. The first kappa shape index (κ1) is 82.9. The van der Waals surface area contributed by atoms with Crippen LogP contribution in [0.1, 0.15) is 27.7 Å². The summed E-state index contributed by atoms with van der Waals surface area (Å²) in [5.41, 5.74) is 37.9. The summed E-state index contributed by atoms with van der Waals surface area (Å²) in [6.07, 6.45) is 0. The van der Waals surface area contributed by atoms with Crippen LogP contribution in [-0.4, -0.2) is 8.07 Å². The molecule has 122 heavy (non-hydrogen) atoms. The van der Waals surface area contributed by atoms with E-state index in [0.717, 1.165) is 134 Å². The molecule has 0 saturated heterocycles. The van der Waals surface area contributed by atoms with Crippen molar-refractivity contribution in [2.75, 3.05) is 0 Å². The Labute approximate surface area is 750 Å². The van der Waals surface area contributed by atoms with Gasteiger partial charge >= 0.3 is 719 Å². The molecule has 0 spiro atoms. The van der Waals surface area contributed by atoms with Crippen LogP contribution in [-0.2, 0) is 20.4 Å². The summed E-state index contributed by atoms with van der Waals surface area (Å²) in [5.74, 6) is 0. The second kappa shape index (κ2) is 36.3. The van der Waals surface area contributed by atoms with Crippen LogP contribution in [0.15, 0.2) is 476 Å². The van der Waals surface area contributed by atoms with Gasteiger partial charge in [0.2, 0.25) is 0 Å². The number of hydrogen-bond donors (Lipinski definition) is 0. The average Bonchev–Trinajstić information content (AvgIpc) is 1.33. The van der Waals surface area contributed by atoms with Gasteiger partial charge in [-0.15, -0.1) is 0 Å². The molecule has 0 aromatic heterocycles. The van der Waals surface area contributed by atoms with E-state index in [9.17, 15) is 0 Å². The number of rotatable bonds is 19. The van der Waals surface area contributed by atoms with Gasteiger partial charge in [0.05, 0.1) is 0 Å². The Kier molecular flexibility index (Phi) is 24.7. The van der Waals surface area contributed by atoms with E-state index in [4.69, 9.17) is 0 Å². The van der Waals surface area contributed by atoms with E-state index < -0.39 is 13.1 Å². The minimum atomic E-state index is -5.16. The van der Waals surface area contributed by atoms with Gasteiger partial charge in [-0.1, -0.05) is 0 Å². The maximum absolute atomic E-state index is 5.16. The summed E-state index contributed by atoms with van der Waals surface area (Å²) in [4.78, 5) is 0. The number of allylic oxidation sites excluding steroid dienone is 4. The van der Waals surface area contributed by atoms with E-state index in [1.807, 2.05) is 0 Å². The quantitative estimate of drug-likeness (QED) is 0.0559. The van der Waals surface area contributed by atoms with Crippen LogP contribution in [0.5, 0.6) is 0 Å². The third kappa shape index (κ3) is 14.4. The molecule has 5 heteroatoms. The summed E-state index contributed by atoms with van der Waals surface area (Å²) < 4.78 is 1.33. The Bertz CT molecular complexity index is 5820. The van der Waals surface area contributed by atoms with E-state index in [-0.39, 0.29) is 37.2 Å². The van der Waals surface area contributed by atoms with Crippen molar-refractivity contribution in [2.24, 2.45) is 0 Å². The van der Waals surface area contributed by atoms with Crippen LogP contribution in [0, 0.1) is 0 Å². The third-order valence-electron chi connectivity index (χ3n) is 25.1. The van der Waals surface area contributed by atoms with Crippen LogP contribution in [0.2, 0.25) is 5.04 Å². The van der Waals surface area contributed by atoms with Crippen LogP contribution >= 0.6 is 0 Å². The summed E-state index contributed by atoms with van der Waals surface area (Å²) >= 11 is 2.56. The molecule has 584 valence electrons. The topological polar surface area (TPSA) is 0 Å². The molecule has 18 aromatic rings. The Morgan fingerprint density at radius 1 is 0.164 bits per heavy atom. The monoisotopic (exact) mass is 1670 g/mol. The molecule has 0 N–H and O–H groups in total. The summed E-state index contributed by atoms with van der Waals surface area (Å²) in [6, 6.07) is 174. The normalized spacial score (nSPS) is 13.1. The van der Waals surface area contributed by atoms with E-state index in [1.165, 1.54) is 69.5 Å². The Morgan fingerprint density at radius 3 is 0.377 bits per heavy atom. The molecule has 0 heterocycles. The molecule has 0 aliphatic heterocycles. The van der Waals surface area contributed by atoms with Gasteiger partial charge in [-0.2, -0.15) is 0 Å². The molecular formula is C117H87Cl3SiTi. The first-order chi connectivity index (χ1) is 58.8. The summed E-state index contributed by atoms with van der Waals surface area (Å²) in [6.45, 7) is 10.3. The zero-order valence-corrected chi connectivity index (χ0v) is 73.3. The standard InChI is InChI=1S/C117H87Si.3ClH.Ti/c1-81-80-117(4,83(3)82(81)2)118(114-108(93-68-38-14-39-69-93)102(87-56-26-8-27-57-87)99(84-50-20-5-21-51-84)103(88-58-28-9-29-59-88)109(114)94-70-40-15-41-71-94,115-110(95-72-42-16-43-73-95)104(89-60-30-10-31-61-89)100(85-52-22-6-23-53-85)105(90-62-32-11-33-63-90)111(115)96-74-44-17-45-75-96)116-112(97-76-46-18-47-77-97)106(91-64-34-12-35-65-91)101(86-54-24-7-25-55-86)107(92-66-36-13-37-67-92)113(116)98-78-48-19-49-79-98;;;;/h5-79H,1-4H3;3*1H;/q;;;;+3/p-3. The largest absolute Gasteiger partial charge is 1.00 e. The van der Waals surface area contributed by atoms with Crippen molar-refractivity contribution in [3.05, 3.63) is 476 Å². The second-order valence-corrected chi connectivity index (χ2v) is 36.1. The zero-order chi connectivity index (χ0) is 80.4. The Morgan fingerprint density at radius 2 is 0.270 bits per heavy atom. The zero-order valence-electron chi connectivity index (χ0n) is 68.4. The SMILES string of the molecule is CC1=C(C)C(C)([Si](c2c(-c3ccccc3)c(-c3ccccc3)c(-c3ccccc3)c(-c3ccccc3)c2-c2ccccc2)(c2c(-c3ccccc3)c(-c3ccccc3)c(-c3ccccc3)c(-c3ccccc3)c2-c2ccccc2)c2c(-c3ccccc3)c(-c3ccccc3)c(-c3ccccc3)c(-c3ccccc3)c2-c2ccccc2)[C]([Ti+3])=C1C.[Cl-].[Cl-].[Cl-]. The minimum Gasteiger partial charge on any atom is -1.00 e. The van der Waals surface area contributed by atoms with Gasteiger partial charge in [-0.25, -0.2) is 0 Å². The van der Waals surface area contributed by atoms with Gasteiger partial charge in [-0.3, -0.25) is 0 Å². The fourth-order valence-electron chi connectivity index (χ4n) is 19.8. The van der Waals surface area contributed by atoms with Crippen molar-refractivity contribution in [2.45, 2.75) is 32.7 Å². The van der Waals surface area contributed by atoms with Crippen molar-refractivity contribution in [1.29, 1.82) is 0 Å². The maximum atomic E-state index is 2.78. The Balaban J connectivity index is 0.00000368. The van der Waals surface area contributed by atoms with Gasteiger partial charge in [0, 0.05) is 0 Å². The number of halogens is 3. The second-order valence-electron chi connectivity index (χ2n) is 31.4. The summed E-state index contributed by atoms with van der Waals surface area (Å²) in [7, 11) is -5.16. The van der Waals surface area contributed by atoms with Crippen molar-refractivity contribution < 1.29 is 57.7 Å². The van der Waals surface area contributed by atoms with Crippen molar-refractivity contribution in [3.63, 3.8) is 0 Å². The molecule has 19 rings (SSSR count). The number of hydrogen-bond acceptors (Lipinski definition) is 0. The van der Waals surface area contributed by atoms with Crippen molar-refractivity contribution in [1.82, 2.24) is 0 Å². The molecule has 0 fully saturated rings. The molecule has 1 aliphatic rings. The van der Waals surface area contributed by atoms with E-state index in [2.05, 4.69) is 503 Å². The van der Waals surface area contributed by atoms with Crippen LogP contribution in [0.4, 0.5) is 0 Å². The number of benzene rings is 18. The van der Waals surface area contributed by atoms with Crippen molar-refractivity contribution >= 4 is 23.6 Å². The Hall–Kier alpha value is -12.8. The molecule has 1 atom stereocenters. The van der Waals surface area contributed by atoms with Crippen LogP contribution < -0.4 is 52.8 Å². The molecule has 0 amide bonds. The molecule has 1 unspecified atom stereocenters. The van der Waals surface area contributed by atoms with Gasteiger partial charge in [0.15, 0.2) is 0 Å². The predicted octanol–water partition coefficient (Wildman–Crippen LogP) is 21.1. The van der Waals surface area contributed by atoms with Gasteiger partial charge < -0.3 is 37.2 Å². The molecular weight excluding hydrogens is 1590 g/mol. The fourth-order valence-corrected chi connectivity index (χ4v) is 28.7. The van der Waals surface area contributed by atoms with Crippen molar-refractivity contribution in [3.8, 4) is 167 Å². The first-order valence-electron chi connectivity index (χ1n) is 41.4. The molecule has 0 nitrogen and oxygen atoms in total. The molecule has 18 aromatic carbocycles. The van der Waals surface area contributed by atoms with E-state index in [1.54, 1.807) is 0 Å². The fraction of sp³-hybridized carbons (Fsp3) is 0.0427. The molecule has 0 bridgehead atoms. The summed E-state index contributed by atoms with van der Waals surface area (Å²) in [5, 5.41) is 2.85. The minimum absolute atomic E-state index is 0. The van der Waals surface area contributed by atoms with Gasteiger partial charge in [0.25, 0.3) is 0 Å². The van der Waals surface area contributed by atoms with E-state index in [0.29, 0.717) is 0 Å². The van der Waals surface area contributed by atoms with Crippen LogP contribution in [0.25, 0.3) is 167 Å². The molecule has 1 aliphatic carbocycles. The molecule has 0 radical (unpaired) electrons. The van der Waals surface area contributed by atoms with E-state index >= 15 is 0 Å². The predicted molar refractivity (Wildman–Crippen MR) is 505 cm³/mol. The maximum Gasteiger partial charge on any atom is -1.00 e.